The first-order valence-corrected chi connectivity index (χ1v) is 10.8. The van der Waals surface area contributed by atoms with Gasteiger partial charge in [-0.3, -0.25) is 4.79 Å². The van der Waals surface area contributed by atoms with Crippen molar-refractivity contribution in [3.05, 3.63) is 65.5 Å². The minimum absolute atomic E-state index is 0.0549. The highest BCUT2D eigenvalue weighted by molar-refractivity contribution is 8.00. The highest BCUT2D eigenvalue weighted by Crippen LogP contribution is 2.44. The zero-order valence-electron chi connectivity index (χ0n) is 16.4. The van der Waals surface area contributed by atoms with Crippen LogP contribution in [0.3, 0.4) is 0 Å². The third-order valence-electron chi connectivity index (χ3n) is 5.67. The minimum Gasteiger partial charge on any atom is -0.324 e. The Morgan fingerprint density at radius 2 is 1.72 bits per heavy atom. The van der Waals surface area contributed by atoms with Gasteiger partial charge in [0.05, 0.1) is 10.6 Å². The highest BCUT2D eigenvalue weighted by atomic mass is 32.2. The number of amides is 3. The van der Waals surface area contributed by atoms with E-state index in [9.17, 15) is 14.0 Å². The van der Waals surface area contributed by atoms with Crippen LogP contribution in [0.25, 0.3) is 0 Å². The fourth-order valence-electron chi connectivity index (χ4n) is 3.98. The summed E-state index contributed by atoms with van der Waals surface area (Å²) < 4.78 is 13.8. The van der Waals surface area contributed by atoms with Gasteiger partial charge in [0.2, 0.25) is 0 Å². The van der Waals surface area contributed by atoms with E-state index in [4.69, 9.17) is 0 Å². The molecule has 2 fully saturated rings. The Balaban J connectivity index is 1.42. The summed E-state index contributed by atoms with van der Waals surface area (Å²) in [6.45, 7) is 3.79. The third-order valence-corrected chi connectivity index (χ3v) is 7.22. The van der Waals surface area contributed by atoms with Gasteiger partial charge in [-0.15, -0.1) is 11.8 Å². The van der Waals surface area contributed by atoms with E-state index in [0.29, 0.717) is 31.5 Å². The zero-order valence-corrected chi connectivity index (χ0v) is 17.2. The molecule has 152 valence electrons. The molecule has 3 amide bonds. The van der Waals surface area contributed by atoms with Crippen LogP contribution in [-0.2, 0) is 0 Å². The van der Waals surface area contributed by atoms with Gasteiger partial charge in [-0.05, 0) is 44.0 Å². The maximum absolute atomic E-state index is 13.8. The number of nitrogens with one attached hydrogen (secondary N) is 1. The predicted molar refractivity (Wildman–Crippen MR) is 114 cm³/mol. The second-order valence-electron chi connectivity index (χ2n) is 7.51. The molecule has 2 aromatic rings. The Bertz CT molecular complexity index is 911. The molecule has 2 heterocycles. The Morgan fingerprint density at radius 3 is 2.41 bits per heavy atom. The van der Waals surface area contributed by atoms with Crippen molar-refractivity contribution >= 4 is 29.4 Å². The van der Waals surface area contributed by atoms with E-state index < -0.39 is 5.82 Å². The van der Waals surface area contributed by atoms with E-state index in [2.05, 4.69) is 5.32 Å². The molecule has 0 atom stereocenters. The lowest BCUT2D eigenvalue weighted by atomic mass is 10.0. The van der Waals surface area contributed by atoms with Gasteiger partial charge in [-0.25, -0.2) is 9.18 Å². The third kappa shape index (κ3) is 3.96. The SMILES string of the molecule is Cc1ccc(C(=O)N2CCSC23CCN(C(=O)Nc2ccccc2F)CC3)cc1. The summed E-state index contributed by atoms with van der Waals surface area (Å²) in [4.78, 5) is 29.1. The Kier molecular flexibility index (Phi) is 5.50. The van der Waals surface area contributed by atoms with Gasteiger partial charge in [0, 0.05) is 31.0 Å². The smallest absolute Gasteiger partial charge is 0.321 e. The predicted octanol–water partition coefficient (Wildman–Crippen LogP) is 4.35. The van der Waals surface area contributed by atoms with Gasteiger partial charge in [-0.1, -0.05) is 29.8 Å². The van der Waals surface area contributed by atoms with Crippen molar-refractivity contribution in [2.75, 3.05) is 30.7 Å². The molecule has 0 bridgehead atoms. The van der Waals surface area contributed by atoms with Crippen molar-refractivity contribution in [1.29, 1.82) is 0 Å². The zero-order chi connectivity index (χ0) is 20.4. The van der Waals surface area contributed by atoms with Gasteiger partial charge in [-0.2, -0.15) is 0 Å². The molecule has 7 heteroatoms. The number of para-hydroxylation sites is 1. The lowest BCUT2D eigenvalue weighted by Gasteiger charge is -2.44. The number of hydrogen-bond donors (Lipinski definition) is 1. The molecule has 2 saturated heterocycles. The number of carbonyl (C=O) groups is 2. The van der Waals surface area contributed by atoms with Gasteiger partial charge >= 0.3 is 6.03 Å². The number of thioether (sulfide) groups is 1. The summed E-state index contributed by atoms with van der Waals surface area (Å²) in [5.41, 5.74) is 2.02. The van der Waals surface area contributed by atoms with Crippen molar-refractivity contribution < 1.29 is 14.0 Å². The quantitative estimate of drug-likeness (QED) is 0.797. The summed E-state index contributed by atoms with van der Waals surface area (Å²) in [7, 11) is 0. The number of piperidine rings is 1. The van der Waals surface area contributed by atoms with Crippen LogP contribution < -0.4 is 5.32 Å². The largest absolute Gasteiger partial charge is 0.324 e. The lowest BCUT2D eigenvalue weighted by molar-refractivity contribution is 0.0585. The van der Waals surface area contributed by atoms with E-state index >= 15 is 0 Å². The second-order valence-corrected chi connectivity index (χ2v) is 8.97. The molecule has 0 unspecified atom stereocenters. The fourth-order valence-corrected chi connectivity index (χ4v) is 5.43. The molecule has 2 aliphatic heterocycles. The normalized spacial score (nSPS) is 18.1. The summed E-state index contributed by atoms with van der Waals surface area (Å²) in [6.07, 6.45) is 1.42. The standard InChI is InChI=1S/C22H24FN3O2S/c1-16-6-8-17(9-7-16)20(27)26-14-15-29-22(26)10-12-25(13-11-22)21(28)24-19-5-3-2-4-18(19)23/h2-9H,10-15H2,1H3,(H,24,28). The number of carbonyl (C=O) groups excluding carboxylic acids is 2. The number of halogens is 1. The molecule has 1 N–H and O–H groups in total. The molecular formula is C22H24FN3O2S. The Labute approximate surface area is 174 Å². The second kappa shape index (κ2) is 8.06. The van der Waals surface area contributed by atoms with Crippen molar-refractivity contribution in [2.24, 2.45) is 0 Å². The first-order valence-electron chi connectivity index (χ1n) is 9.82. The number of urea groups is 1. The molecule has 1 spiro atoms. The molecule has 0 aromatic heterocycles. The van der Waals surface area contributed by atoms with Crippen LogP contribution in [0, 0.1) is 12.7 Å². The van der Waals surface area contributed by atoms with E-state index in [1.54, 1.807) is 34.9 Å². The van der Waals surface area contributed by atoms with Crippen molar-refractivity contribution in [3.63, 3.8) is 0 Å². The first-order chi connectivity index (χ1) is 14.0. The van der Waals surface area contributed by atoms with Crippen LogP contribution in [0.5, 0.6) is 0 Å². The summed E-state index contributed by atoms with van der Waals surface area (Å²) >= 11 is 1.81. The van der Waals surface area contributed by atoms with Crippen LogP contribution in [0.1, 0.15) is 28.8 Å². The number of likely N-dealkylation sites (tertiary alicyclic amines) is 1. The molecule has 29 heavy (non-hydrogen) atoms. The number of anilines is 1. The van der Waals surface area contributed by atoms with Crippen molar-refractivity contribution in [3.8, 4) is 0 Å². The number of nitrogens with zero attached hydrogens (tertiary/aromatic N) is 2. The highest BCUT2D eigenvalue weighted by Gasteiger charge is 2.47. The Hall–Kier alpha value is -2.54. The van der Waals surface area contributed by atoms with E-state index in [1.807, 2.05) is 36.1 Å². The van der Waals surface area contributed by atoms with E-state index in [0.717, 1.165) is 17.9 Å². The van der Waals surface area contributed by atoms with Crippen molar-refractivity contribution in [2.45, 2.75) is 24.6 Å². The average Bonchev–Trinajstić information content (AvgIpc) is 3.13. The maximum Gasteiger partial charge on any atom is 0.321 e. The monoisotopic (exact) mass is 413 g/mol. The number of aryl methyl sites for hydroxylation is 1. The lowest BCUT2D eigenvalue weighted by Crippen LogP contribution is -2.54. The summed E-state index contributed by atoms with van der Waals surface area (Å²) in [6, 6.07) is 13.5. The van der Waals surface area contributed by atoms with Crippen LogP contribution >= 0.6 is 11.8 Å². The maximum atomic E-state index is 13.8. The van der Waals surface area contributed by atoms with E-state index in [-0.39, 0.29) is 22.5 Å². The summed E-state index contributed by atoms with van der Waals surface area (Å²) in [5, 5.41) is 2.65. The first kappa shape index (κ1) is 19.8. The molecule has 0 saturated carbocycles. The van der Waals surface area contributed by atoms with Crippen molar-refractivity contribution in [1.82, 2.24) is 9.80 Å². The summed E-state index contributed by atoms with van der Waals surface area (Å²) in [5.74, 6) is 0.508. The molecule has 2 aliphatic rings. The molecule has 2 aromatic carbocycles. The van der Waals surface area contributed by atoms with Gasteiger partial charge < -0.3 is 15.1 Å². The Morgan fingerprint density at radius 1 is 1.03 bits per heavy atom. The van der Waals surface area contributed by atoms with Gasteiger partial charge in [0.1, 0.15) is 5.82 Å². The minimum atomic E-state index is -0.449. The van der Waals surface area contributed by atoms with Gasteiger partial charge in [0.25, 0.3) is 5.91 Å². The number of benzene rings is 2. The van der Waals surface area contributed by atoms with Gasteiger partial charge in [0.15, 0.2) is 0 Å². The van der Waals surface area contributed by atoms with Crippen LogP contribution in [0.15, 0.2) is 48.5 Å². The molecule has 4 rings (SSSR count). The van der Waals surface area contributed by atoms with Crippen LogP contribution in [-0.4, -0.2) is 52.0 Å². The molecule has 0 radical (unpaired) electrons. The number of hydrogen-bond acceptors (Lipinski definition) is 3. The fraction of sp³-hybridized carbons (Fsp3) is 0.364. The molecule has 5 nitrogen and oxygen atoms in total. The topological polar surface area (TPSA) is 52.7 Å². The van der Waals surface area contributed by atoms with Crippen LogP contribution in [0.4, 0.5) is 14.9 Å². The van der Waals surface area contributed by atoms with Crippen LogP contribution in [0.2, 0.25) is 0 Å². The van der Waals surface area contributed by atoms with E-state index in [1.165, 1.54) is 6.07 Å². The average molecular weight is 414 g/mol. The number of rotatable bonds is 2. The molecule has 0 aliphatic carbocycles. The molecular weight excluding hydrogens is 389 g/mol.